The molecule has 0 N–H and O–H groups in total. The predicted octanol–water partition coefficient (Wildman–Crippen LogP) is 4.22. The first-order chi connectivity index (χ1) is 11.0. The Balaban J connectivity index is 0.00000208. The molecule has 4 rings (SSSR count). The van der Waals surface area contributed by atoms with Gasteiger partial charge >= 0.3 is 5.97 Å². The summed E-state index contributed by atoms with van der Waals surface area (Å²) in [5, 5.41) is 0. The summed E-state index contributed by atoms with van der Waals surface area (Å²) in [4.78, 5) is 14.9. The van der Waals surface area contributed by atoms with Gasteiger partial charge in [-0.3, -0.25) is 9.69 Å². The molecule has 1 saturated heterocycles. The van der Waals surface area contributed by atoms with Crippen molar-refractivity contribution < 1.29 is 9.53 Å². The Bertz CT molecular complexity index is 615. The zero-order valence-electron chi connectivity index (χ0n) is 15.0. The van der Waals surface area contributed by atoms with Crippen molar-refractivity contribution in [2.75, 3.05) is 6.61 Å². The molecule has 132 valence electrons. The minimum atomic E-state index is -0.0523. The Morgan fingerprint density at radius 3 is 2.62 bits per heavy atom. The summed E-state index contributed by atoms with van der Waals surface area (Å²) >= 11 is 0. The molecule has 1 aliphatic carbocycles. The molecule has 0 radical (unpaired) electrons. The van der Waals surface area contributed by atoms with Gasteiger partial charge in [-0.25, -0.2) is 0 Å². The largest absolute Gasteiger partial charge is 0.466 e. The minimum absolute atomic E-state index is 0. The number of piperidine rings is 1. The molecule has 0 spiro atoms. The molecule has 3 aliphatic rings. The van der Waals surface area contributed by atoms with Crippen molar-refractivity contribution in [1.82, 2.24) is 4.90 Å². The molecule has 1 fully saturated rings. The number of esters is 1. The summed E-state index contributed by atoms with van der Waals surface area (Å²) in [6.07, 6.45) is 3.19. The molecule has 4 unspecified atom stereocenters. The van der Waals surface area contributed by atoms with Crippen LogP contribution in [0.2, 0.25) is 0 Å². The molecule has 0 saturated carbocycles. The maximum Gasteiger partial charge on any atom is 0.310 e. The first kappa shape index (κ1) is 19.0. The molecule has 0 amide bonds. The second-order valence-corrected chi connectivity index (χ2v) is 7.15. The second-order valence-electron chi connectivity index (χ2n) is 7.15. The van der Waals surface area contributed by atoms with Gasteiger partial charge in [0.05, 0.1) is 12.5 Å². The fraction of sp³-hybridized carbons (Fsp3) is 0.550. The molecule has 1 aromatic carbocycles. The lowest BCUT2D eigenvalue weighted by Gasteiger charge is -2.57. The molecule has 4 atom stereocenters. The van der Waals surface area contributed by atoms with Gasteiger partial charge in [0.2, 0.25) is 0 Å². The SMILES string of the molecule is CCOC(=O)C1CC2(C)C(C)=CC1N(Cc1ccccc1)C2C.Cl. The third-order valence-electron chi connectivity index (χ3n) is 5.98. The number of nitrogens with zero attached hydrogens (tertiary/aromatic N) is 1. The van der Waals surface area contributed by atoms with E-state index in [1.54, 1.807) is 0 Å². The number of halogens is 1. The van der Waals surface area contributed by atoms with Gasteiger partial charge in [-0.15, -0.1) is 12.4 Å². The number of benzene rings is 1. The molecule has 2 heterocycles. The van der Waals surface area contributed by atoms with Crippen LogP contribution in [0.3, 0.4) is 0 Å². The van der Waals surface area contributed by atoms with Crippen LogP contribution in [0.15, 0.2) is 42.0 Å². The first-order valence-electron chi connectivity index (χ1n) is 8.62. The van der Waals surface area contributed by atoms with Crippen LogP contribution in [0.1, 0.15) is 39.7 Å². The zero-order chi connectivity index (χ0) is 16.6. The lowest BCUT2D eigenvalue weighted by Crippen LogP contribution is -2.62. The van der Waals surface area contributed by atoms with Gasteiger partial charge in [0, 0.05) is 24.0 Å². The van der Waals surface area contributed by atoms with E-state index in [2.05, 4.69) is 56.0 Å². The van der Waals surface area contributed by atoms with E-state index in [1.807, 2.05) is 13.0 Å². The van der Waals surface area contributed by atoms with Crippen LogP contribution in [0.5, 0.6) is 0 Å². The number of carbonyl (C=O) groups is 1. The smallest absolute Gasteiger partial charge is 0.310 e. The molecule has 2 aliphatic heterocycles. The number of hydrogen-bond donors (Lipinski definition) is 0. The van der Waals surface area contributed by atoms with Crippen molar-refractivity contribution in [2.45, 2.75) is 52.7 Å². The highest BCUT2D eigenvalue weighted by Gasteiger charge is 2.53. The number of fused-ring (bicyclic) bond motifs is 2. The minimum Gasteiger partial charge on any atom is -0.466 e. The number of hydrogen-bond acceptors (Lipinski definition) is 3. The second kappa shape index (κ2) is 7.28. The van der Waals surface area contributed by atoms with Crippen molar-refractivity contribution in [2.24, 2.45) is 11.3 Å². The standard InChI is InChI=1S/C20H27NO2.ClH/c1-5-23-19(22)17-12-20(4)14(2)11-18(17)21(15(20)3)13-16-9-7-6-8-10-16;/h6-11,15,17-18H,5,12-13H2,1-4H3;1H. The fourth-order valence-corrected chi connectivity index (χ4v) is 4.26. The average molecular weight is 350 g/mol. The van der Waals surface area contributed by atoms with Gasteiger partial charge in [0.25, 0.3) is 0 Å². The third kappa shape index (κ3) is 3.12. The number of carbonyl (C=O) groups excluding carboxylic acids is 1. The van der Waals surface area contributed by atoms with E-state index in [-0.39, 0.29) is 35.8 Å². The van der Waals surface area contributed by atoms with Crippen LogP contribution < -0.4 is 0 Å². The Morgan fingerprint density at radius 1 is 1.33 bits per heavy atom. The Labute approximate surface area is 151 Å². The molecular weight excluding hydrogens is 322 g/mol. The van der Waals surface area contributed by atoms with Crippen molar-refractivity contribution in [3.8, 4) is 0 Å². The lowest BCUT2D eigenvalue weighted by atomic mass is 9.60. The van der Waals surface area contributed by atoms with E-state index in [0.29, 0.717) is 12.6 Å². The summed E-state index contributed by atoms with van der Waals surface area (Å²) in [6.45, 7) is 10.0. The van der Waals surface area contributed by atoms with Gasteiger partial charge in [0.1, 0.15) is 0 Å². The molecule has 4 heteroatoms. The maximum atomic E-state index is 12.5. The number of rotatable bonds is 4. The van der Waals surface area contributed by atoms with Crippen molar-refractivity contribution >= 4 is 18.4 Å². The maximum absolute atomic E-state index is 12.5. The predicted molar refractivity (Wildman–Crippen MR) is 99.1 cm³/mol. The van der Waals surface area contributed by atoms with E-state index in [1.165, 1.54) is 11.1 Å². The van der Waals surface area contributed by atoms with E-state index < -0.39 is 0 Å². The summed E-state index contributed by atoms with van der Waals surface area (Å²) < 4.78 is 5.35. The fourth-order valence-electron chi connectivity index (χ4n) is 4.26. The molecular formula is C20H28ClNO2. The summed E-state index contributed by atoms with van der Waals surface area (Å²) in [5.41, 5.74) is 2.75. The Hall–Kier alpha value is -1.32. The highest BCUT2D eigenvalue weighted by Crippen LogP contribution is 2.51. The molecule has 2 bridgehead atoms. The van der Waals surface area contributed by atoms with Crippen LogP contribution >= 0.6 is 12.4 Å². The molecule has 0 aromatic heterocycles. The molecule has 3 nitrogen and oxygen atoms in total. The van der Waals surface area contributed by atoms with Crippen LogP contribution in [-0.4, -0.2) is 29.6 Å². The van der Waals surface area contributed by atoms with Crippen LogP contribution in [0, 0.1) is 11.3 Å². The highest BCUT2D eigenvalue weighted by molar-refractivity contribution is 5.85. The summed E-state index contributed by atoms with van der Waals surface area (Å²) in [6, 6.07) is 11.1. The van der Waals surface area contributed by atoms with E-state index in [9.17, 15) is 4.79 Å². The summed E-state index contributed by atoms with van der Waals surface area (Å²) in [5.74, 6) is -0.0963. The monoisotopic (exact) mass is 349 g/mol. The number of ether oxygens (including phenoxy) is 1. The molecule has 1 aromatic rings. The van der Waals surface area contributed by atoms with Crippen LogP contribution in [-0.2, 0) is 16.1 Å². The summed E-state index contributed by atoms with van der Waals surface area (Å²) in [7, 11) is 0. The van der Waals surface area contributed by atoms with Gasteiger partial charge in [-0.1, -0.05) is 48.9 Å². The zero-order valence-corrected chi connectivity index (χ0v) is 15.8. The normalized spacial score (nSPS) is 32.0. The van der Waals surface area contributed by atoms with Gasteiger partial charge in [-0.2, -0.15) is 0 Å². The van der Waals surface area contributed by atoms with E-state index in [4.69, 9.17) is 4.74 Å². The van der Waals surface area contributed by atoms with Crippen molar-refractivity contribution in [1.29, 1.82) is 0 Å². The van der Waals surface area contributed by atoms with Crippen molar-refractivity contribution in [3.63, 3.8) is 0 Å². The van der Waals surface area contributed by atoms with Crippen LogP contribution in [0.25, 0.3) is 0 Å². The average Bonchev–Trinajstić information content (AvgIpc) is 2.54. The Kier molecular flexibility index (Phi) is 5.77. The van der Waals surface area contributed by atoms with E-state index in [0.717, 1.165) is 13.0 Å². The first-order valence-corrected chi connectivity index (χ1v) is 8.62. The third-order valence-corrected chi connectivity index (χ3v) is 5.98. The lowest BCUT2D eigenvalue weighted by molar-refractivity contribution is -0.157. The van der Waals surface area contributed by atoms with Crippen molar-refractivity contribution in [3.05, 3.63) is 47.5 Å². The van der Waals surface area contributed by atoms with Gasteiger partial charge in [0.15, 0.2) is 0 Å². The topological polar surface area (TPSA) is 29.5 Å². The van der Waals surface area contributed by atoms with Crippen LogP contribution in [0.4, 0.5) is 0 Å². The molecule has 24 heavy (non-hydrogen) atoms. The Morgan fingerprint density at radius 2 is 2.00 bits per heavy atom. The van der Waals surface area contributed by atoms with E-state index >= 15 is 0 Å². The van der Waals surface area contributed by atoms with Gasteiger partial charge in [-0.05, 0) is 32.8 Å². The van der Waals surface area contributed by atoms with Gasteiger partial charge < -0.3 is 4.74 Å². The quantitative estimate of drug-likeness (QED) is 0.602. The highest BCUT2D eigenvalue weighted by atomic mass is 35.5.